The molecular weight excluding hydrogens is 210 g/mol. The number of rotatable bonds is 3. The van der Waals surface area contributed by atoms with E-state index in [2.05, 4.69) is 17.3 Å². The van der Waals surface area contributed by atoms with Crippen LogP contribution in [0, 0.1) is 12.8 Å². The largest absolute Gasteiger partial charge is 0.308 e. The maximum Gasteiger partial charge on any atom is 0.0860 e. The van der Waals surface area contributed by atoms with E-state index in [4.69, 9.17) is 11.6 Å². The van der Waals surface area contributed by atoms with E-state index in [1.54, 1.807) is 0 Å². The molecule has 1 aromatic heterocycles. The lowest BCUT2D eigenvalue weighted by atomic mass is 9.82. The molecule has 15 heavy (non-hydrogen) atoms. The van der Waals surface area contributed by atoms with Crippen LogP contribution in [0.1, 0.15) is 31.2 Å². The summed E-state index contributed by atoms with van der Waals surface area (Å²) in [4.78, 5) is 0. The van der Waals surface area contributed by atoms with Crippen molar-refractivity contribution in [3.63, 3.8) is 0 Å². The zero-order chi connectivity index (χ0) is 11.0. The molecule has 3 nitrogen and oxygen atoms in total. The number of hydrogen-bond donors (Lipinski definition) is 1. The molecule has 0 unspecified atom stereocenters. The van der Waals surface area contributed by atoms with Crippen molar-refractivity contribution in [2.45, 2.75) is 39.3 Å². The second kappa shape index (κ2) is 4.14. The molecule has 1 N–H and O–H groups in total. The van der Waals surface area contributed by atoms with E-state index in [-0.39, 0.29) is 0 Å². The van der Waals surface area contributed by atoms with Gasteiger partial charge in [-0.05, 0) is 25.7 Å². The van der Waals surface area contributed by atoms with Gasteiger partial charge in [0.25, 0.3) is 0 Å². The highest BCUT2D eigenvalue weighted by atomic mass is 35.5. The van der Waals surface area contributed by atoms with E-state index in [1.807, 2.05) is 18.7 Å². The molecule has 1 heterocycles. The molecule has 1 aliphatic carbocycles. The predicted molar refractivity (Wildman–Crippen MR) is 62.0 cm³/mol. The second-order valence-electron chi connectivity index (χ2n) is 4.62. The predicted octanol–water partition coefficient (Wildman–Crippen LogP) is 2.27. The van der Waals surface area contributed by atoms with Crippen molar-refractivity contribution in [1.29, 1.82) is 0 Å². The first-order valence-corrected chi connectivity index (χ1v) is 5.87. The molecule has 1 aliphatic rings. The number of nitrogens with one attached hydrogen (secondary N) is 1. The Labute approximate surface area is 95.8 Å². The van der Waals surface area contributed by atoms with Gasteiger partial charge in [0.2, 0.25) is 0 Å². The summed E-state index contributed by atoms with van der Waals surface area (Å²) < 4.78 is 1.87. The fourth-order valence-corrected chi connectivity index (χ4v) is 2.41. The summed E-state index contributed by atoms with van der Waals surface area (Å²) in [5.74, 6) is 0.881. The van der Waals surface area contributed by atoms with Crippen LogP contribution in [0.15, 0.2) is 0 Å². The fourth-order valence-electron chi connectivity index (χ4n) is 2.18. The zero-order valence-corrected chi connectivity index (χ0v) is 10.3. The third-order valence-corrected chi connectivity index (χ3v) is 3.69. The summed E-state index contributed by atoms with van der Waals surface area (Å²) in [6.45, 7) is 5.06. The highest BCUT2D eigenvalue weighted by Gasteiger charge is 2.25. The number of hydrogen-bond acceptors (Lipinski definition) is 2. The van der Waals surface area contributed by atoms with Gasteiger partial charge >= 0.3 is 0 Å². The smallest absolute Gasteiger partial charge is 0.0860 e. The van der Waals surface area contributed by atoms with Crippen LogP contribution in [-0.4, -0.2) is 15.8 Å². The molecule has 0 radical (unpaired) electrons. The Morgan fingerprint density at radius 2 is 2.20 bits per heavy atom. The van der Waals surface area contributed by atoms with Gasteiger partial charge in [-0.25, -0.2) is 0 Å². The van der Waals surface area contributed by atoms with Gasteiger partial charge in [0.05, 0.1) is 16.4 Å². The molecule has 0 saturated heterocycles. The lowest BCUT2D eigenvalue weighted by Gasteiger charge is -2.33. The summed E-state index contributed by atoms with van der Waals surface area (Å²) in [5, 5.41) is 8.61. The summed E-state index contributed by atoms with van der Waals surface area (Å²) in [5.41, 5.74) is 2.01. The number of nitrogens with zero attached hydrogens (tertiary/aromatic N) is 2. The van der Waals surface area contributed by atoms with Crippen molar-refractivity contribution in [3.8, 4) is 0 Å². The molecular formula is C11H18ClN3. The molecule has 1 saturated carbocycles. The van der Waals surface area contributed by atoms with E-state index in [9.17, 15) is 0 Å². The Balaban J connectivity index is 1.93. The molecule has 0 aromatic carbocycles. The highest BCUT2D eigenvalue weighted by molar-refractivity contribution is 6.31. The standard InChI is InChI=1S/C11H18ClN3/c1-7-4-9(5-7)13-6-10-11(12)8(2)14-15(10)3/h7,9,13H,4-6H2,1-3H3. The number of aryl methyl sites for hydroxylation is 2. The first-order valence-electron chi connectivity index (χ1n) is 5.49. The molecule has 0 spiro atoms. The summed E-state index contributed by atoms with van der Waals surface area (Å²) in [6, 6.07) is 0.672. The molecule has 2 rings (SSSR count). The maximum atomic E-state index is 6.16. The minimum absolute atomic E-state index is 0.672. The average Bonchev–Trinajstić information content (AvgIpc) is 2.36. The zero-order valence-electron chi connectivity index (χ0n) is 9.55. The van der Waals surface area contributed by atoms with Crippen molar-refractivity contribution in [2.24, 2.45) is 13.0 Å². The lowest BCUT2D eigenvalue weighted by Crippen LogP contribution is -2.39. The Hall–Kier alpha value is -0.540. The van der Waals surface area contributed by atoms with Crippen LogP contribution < -0.4 is 5.32 Å². The van der Waals surface area contributed by atoms with Crippen molar-refractivity contribution in [1.82, 2.24) is 15.1 Å². The first-order chi connectivity index (χ1) is 7.08. The Kier molecular flexibility index (Phi) is 3.03. The monoisotopic (exact) mass is 227 g/mol. The highest BCUT2D eigenvalue weighted by Crippen LogP contribution is 2.27. The van der Waals surface area contributed by atoms with Crippen LogP contribution in [0.4, 0.5) is 0 Å². The molecule has 0 amide bonds. The molecule has 0 bridgehead atoms. The van der Waals surface area contributed by atoms with Crippen molar-refractivity contribution in [2.75, 3.05) is 0 Å². The van der Waals surface area contributed by atoms with Gasteiger partial charge in [-0.3, -0.25) is 4.68 Å². The summed E-state index contributed by atoms with van der Waals surface area (Å²) in [7, 11) is 1.94. The lowest BCUT2D eigenvalue weighted by molar-refractivity contribution is 0.239. The summed E-state index contributed by atoms with van der Waals surface area (Å²) in [6.07, 6.45) is 2.57. The Morgan fingerprint density at radius 1 is 1.53 bits per heavy atom. The fraction of sp³-hybridized carbons (Fsp3) is 0.727. The normalized spacial score (nSPS) is 25.3. The SMILES string of the molecule is Cc1nn(C)c(CNC2CC(C)C2)c1Cl. The van der Waals surface area contributed by atoms with Gasteiger partial charge in [0.1, 0.15) is 0 Å². The molecule has 84 valence electrons. The number of aromatic nitrogens is 2. The maximum absolute atomic E-state index is 6.16. The van der Waals surface area contributed by atoms with Gasteiger partial charge in [-0.1, -0.05) is 18.5 Å². The van der Waals surface area contributed by atoms with Crippen LogP contribution in [0.2, 0.25) is 5.02 Å². The second-order valence-corrected chi connectivity index (χ2v) is 5.00. The third-order valence-electron chi connectivity index (χ3n) is 3.19. The van der Waals surface area contributed by atoms with E-state index in [0.29, 0.717) is 6.04 Å². The third kappa shape index (κ3) is 2.18. The van der Waals surface area contributed by atoms with Gasteiger partial charge in [-0.2, -0.15) is 5.10 Å². The van der Waals surface area contributed by atoms with Gasteiger partial charge in [0.15, 0.2) is 0 Å². The molecule has 1 aromatic rings. The molecule has 1 fully saturated rings. The van der Waals surface area contributed by atoms with E-state index >= 15 is 0 Å². The quantitative estimate of drug-likeness (QED) is 0.859. The Bertz CT molecular complexity index is 353. The first kappa shape index (κ1) is 11.0. The minimum atomic E-state index is 0.672. The van der Waals surface area contributed by atoms with E-state index < -0.39 is 0 Å². The van der Waals surface area contributed by atoms with Gasteiger partial charge in [0, 0.05) is 19.6 Å². The Morgan fingerprint density at radius 3 is 2.67 bits per heavy atom. The van der Waals surface area contributed by atoms with Gasteiger partial charge < -0.3 is 5.32 Å². The molecule has 0 atom stereocenters. The van der Waals surface area contributed by atoms with Crippen LogP contribution in [0.5, 0.6) is 0 Å². The molecule has 4 heteroatoms. The van der Waals surface area contributed by atoms with Crippen molar-refractivity contribution >= 4 is 11.6 Å². The van der Waals surface area contributed by atoms with Gasteiger partial charge in [-0.15, -0.1) is 0 Å². The number of halogens is 1. The topological polar surface area (TPSA) is 29.9 Å². The van der Waals surface area contributed by atoms with Crippen LogP contribution >= 0.6 is 11.6 Å². The summed E-state index contributed by atoms with van der Waals surface area (Å²) >= 11 is 6.16. The average molecular weight is 228 g/mol. The van der Waals surface area contributed by atoms with Crippen molar-refractivity contribution < 1.29 is 0 Å². The van der Waals surface area contributed by atoms with Crippen molar-refractivity contribution in [3.05, 3.63) is 16.4 Å². The molecule has 0 aliphatic heterocycles. The van der Waals surface area contributed by atoms with E-state index in [1.165, 1.54) is 12.8 Å². The van der Waals surface area contributed by atoms with Crippen LogP contribution in [0.25, 0.3) is 0 Å². The van der Waals surface area contributed by atoms with Crippen LogP contribution in [-0.2, 0) is 13.6 Å². The van der Waals surface area contributed by atoms with E-state index in [0.717, 1.165) is 28.9 Å². The minimum Gasteiger partial charge on any atom is -0.308 e. The van der Waals surface area contributed by atoms with Crippen LogP contribution in [0.3, 0.4) is 0 Å².